The largest absolute Gasteiger partial charge is 0.316 e. The summed E-state index contributed by atoms with van der Waals surface area (Å²) in [6.07, 6.45) is 2.49. The van der Waals surface area contributed by atoms with Gasteiger partial charge in [-0.05, 0) is 36.0 Å². The van der Waals surface area contributed by atoms with Gasteiger partial charge >= 0.3 is 0 Å². The van der Waals surface area contributed by atoms with Crippen molar-refractivity contribution in [2.24, 2.45) is 5.41 Å². The van der Waals surface area contributed by atoms with E-state index in [2.05, 4.69) is 52.4 Å². The van der Waals surface area contributed by atoms with Gasteiger partial charge in [-0.25, -0.2) is 0 Å². The molecule has 1 saturated heterocycles. The highest BCUT2D eigenvalue weighted by molar-refractivity contribution is 9.10. The van der Waals surface area contributed by atoms with Crippen LogP contribution in [0.1, 0.15) is 18.9 Å². The predicted molar refractivity (Wildman–Crippen MR) is 63.4 cm³/mol. The Morgan fingerprint density at radius 3 is 2.36 bits per heavy atom. The highest BCUT2D eigenvalue weighted by Crippen LogP contribution is 2.31. The molecule has 14 heavy (non-hydrogen) atoms. The normalized spacial score (nSPS) is 19.0. The first kappa shape index (κ1) is 10.2. The van der Waals surface area contributed by atoms with E-state index in [0.717, 1.165) is 0 Å². The summed E-state index contributed by atoms with van der Waals surface area (Å²) in [5.41, 5.74) is 1.99. The molecule has 0 atom stereocenters. The molecule has 1 fully saturated rings. The molecule has 0 radical (unpaired) electrons. The molecule has 1 nitrogen and oxygen atoms in total. The Kier molecular flexibility index (Phi) is 2.93. The smallest absolute Gasteiger partial charge is 0.0175 e. The molecule has 0 saturated carbocycles. The second-order valence-corrected chi connectivity index (χ2v) is 5.18. The van der Waals surface area contributed by atoms with Gasteiger partial charge in [0.25, 0.3) is 0 Å². The highest BCUT2D eigenvalue weighted by Gasteiger charge is 2.34. The maximum atomic E-state index is 3.46. The quantitative estimate of drug-likeness (QED) is 0.874. The van der Waals surface area contributed by atoms with E-state index in [1.54, 1.807) is 0 Å². The van der Waals surface area contributed by atoms with Gasteiger partial charge < -0.3 is 5.32 Å². The fourth-order valence-corrected chi connectivity index (χ4v) is 2.28. The molecule has 76 valence electrons. The van der Waals surface area contributed by atoms with Crippen LogP contribution in [0.2, 0.25) is 0 Å². The van der Waals surface area contributed by atoms with Crippen molar-refractivity contribution in [3.05, 3.63) is 34.3 Å². The summed E-state index contributed by atoms with van der Waals surface area (Å²) in [4.78, 5) is 0. The van der Waals surface area contributed by atoms with Crippen LogP contribution in [0.5, 0.6) is 0 Å². The lowest BCUT2D eigenvalue weighted by molar-refractivity contribution is 0.160. The Bertz CT molecular complexity index is 295. The lowest BCUT2D eigenvalue weighted by Crippen LogP contribution is -2.54. The Morgan fingerprint density at radius 1 is 1.29 bits per heavy atom. The summed E-state index contributed by atoms with van der Waals surface area (Å²) in [6, 6.07) is 8.70. The fourth-order valence-electron chi connectivity index (χ4n) is 2.01. The van der Waals surface area contributed by atoms with Gasteiger partial charge in [0.15, 0.2) is 0 Å². The Morgan fingerprint density at radius 2 is 1.93 bits per heavy atom. The van der Waals surface area contributed by atoms with Crippen LogP contribution < -0.4 is 5.32 Å². The van der Waals surface area contributed by atoms with Crippen molar-refractivity contribution in [1.82, 2.24) is 5.32 Å². The molecule has 0 bridgehead atoms. The summed E-state index contributed by atoms with van der Waals surface area (Å²) < 4.78 is 1.17. The second kappa shape index (κ2) is 4.03. The first-order valence-corrected chi connectivity index (χ1v) is 5.99. The van der Waals surface area contributed by atoms with Gasteiger partial charge in [0.1, 0.15) is 0 Å². The molecule has 1 aliphatic heterocycles. The van der Waals surface area contributed by atoms with E-state index in [-0.39, 0.29) is 0 Å². The Labute approximate surface area is 94.0 Å². The zero-order valence-corrected chi connectivity index (χ0v) is 10.1. The van der Waals surface area contributed by atoms with Gasteiger partial charge in [0, 0.05) is 17.6 Å². The zero-order valence-electron chi connectivity index (χ0n) is 8.52. The summed E-state index contributed by atoms with van der Waals surface area (Å²) in [5, 5.41) is 3.38. The minimum absolute atomic E-state index is 0.536. The van der Waals surface area contributed by atoms with E-state index in [9.17, 15) is 0 Å². The van der Waals surface area contributed by atoms with Gasteiger partial charge in [-0.3, -0.25) is 0 Å². The molecular formula is C12H16BrN. The molecule has 0 amide bonds. The van der Waals surface area contributed by atoms with Crippen molar-refractivity contribution >= 4 is 15.9 Å². The third kappa shape index (κ3) is 2.01. The second-order valence-electron chi connectivity index (χ2n) is 4.26. The standard InChI is InChI=1S/C12H16BrN/c1-2-12(8-14-9-12)7-10-3-5-11(13)6-4-10/h3-6,14H,2,7-9H2,1H3. The van der Waals surface area contributed by atoms with Crippen LogP contribution in [0.4, 0.5) is 0 Å². The van der Waals surface area contributed by atoms with Gasteiger partial charge in [0.05, 0.1) is 0 Å². The maximum absolute atomic E-state index is 3.46. The van der Waals surface area contributed by atoms with Crippen LogP contribution in [0.3, 0.4) is 0 Å². The molecule has 1 aromatic carbocycles. The number of hydrogen-bond donors (Lipinski definition) is 1. The number of benzene rings is 1. The van der Waals surface area contributed by atoms with E-state index in [0.29, 0.717) is 5.41 Å². The van der Waals surface area contributed by atoms with E-state index < -0.39 is 0 Å². The third-order valence-corrected chi connectivity index (χ3v) is 3.77. The molecule has 1 aliphatic rings. The van der Waals surface area contributed by atoms with Gasteiger partial charge in [0.2, 0.25) is 0 Å². The van der Waals surface area contributed by atoms with Crippen molar-refractivity contribution in [2.75, 3.05) is 13.1 Å². The average molecular weight is 254 g/mol. The summed E-state index contributed by atoms with van der Waals surface area (Å²) in [7, 11) is 0. The van der Waals surface area contributed by atoms with Gasteiger partial charge in [-0.15, -0.1) is 0 Å². The summed E-state index contributed by atoms with van der Waals surface area (Å²) in [6.45, 7) is 4.65. The van der Waals surface area contributed by atoms with Crippen molar-refractivity contribution in [3.63, 3.8) is 0 Å². The van der Waals surface area contributed by atoms with Crippen LogP contribution in [0, 0.1) is 5.41 Å². The molecule has 1 N–H and O–H groups in total. The lowest BCUT2D eigenvalue weighted by atomic mass is 9.74. The third-order valence-electron chi connectivity index (χ3n) is 3.24. The van der Waals surface area contributed by atoms with E-state index in [1.165, 1.54) is 36.0 Å². The SMILES string of the molecule is CCC1(Cc2ccc(Br)cc2)CNC1. The van der Waals surface area contributed by atoms with Crippen molar-refractivity contribution in [3.8, 4) is 0 Å². The molecule has 0 spiro atoms. The van der Waals surface area contributed by atoms with Gasteiger partial charge in [-0.2, -0.15) is 0 Å². The predicted octanol–water partition coefficient (Wildman–Crippen LogP) is 2.99. The molecule has 0 aliphatic carbocycles. The molecule has 1 heterocycles. The average Bonchev–Trinajstić information content (AvgIpc) is 2.15. The van der Waals surface area contributed by atoms with E-state index >= 15 is 0 Å². The van der Waals surface area contributed by atoms with Crippen molar-refractivity contribution < 1.29 is 0 Å². The Balaban J connectivity index is 2.06. The number of hydrogen-bond acceptors (Lipinski definition) is 1. The van der Waals surface area contributed by atoms with Crippen LogP contribution in [0.25, 0.3) is 0 Å². The molecular weight excluding hydrogens is 238 g/mol. The summed E-state index contributed by atoms with van der Waals surface area (Å²) in [5.74, 6) is 0. The lowest BCUT2D eigenvalue weighted by Gasteiger charge is -2.42. The summed E-state index contributed by atoms with van der Waals surface area (Å²) >= 11 is 3.46. The molecule has 1 aromatic rings. The van der Waals surface area contributed by atoms with E-state index in [1.807, 2.05) is 0 Å². The highest BCUT2D eigenvalue weighted by atomic mass is 79.9. The number of halogens is 1. The molecule has 0 aromatic heterocycles. The van der Waals surface area contributed by atoms with Crippen molar-refractivity contribution in [1.29, 1.82) is 0 Å². The molecule has 2 rings (SSSR count). The van der Waals surface area contributed by atoms with Crippen LogP contribution in [-0.4, -0.2) is 13.1 Å². The topological polar surface area (TPSA) is 12.0 Å². The van der Waals surface area contributed by atoms with Crippen LogP contribution in [-0.2, 0) is 6.42 Å². The monoisotopic (exact) mass is 253 g/mol. The van der Waals surface area contributed by atoms with Gasteiger partial charge in [-0.1, -0.05) is 35.0 Å². The molecule has 0 unspecified atom stereocenters. The van der Waals surface area contributed by atoms with E-state index in [4.69, 9.17) is 0 Å². The first-order valence-electron chi connectivity index (χ1n) is 5.19. The minimum Gasteiger partial charge on any atom is -0.316 e. The number of rotatable bonds is 3. The minimum atomic E-state index is 0.536. The first-order chi connectivity index (χ1) is 6.74. The zero-order chi connectivity index (χ0) is 10.0. The van der Waals surface area contributed by atoms with Crippen LogP contribution in [0.15, 0.2) is 28.7 Å². The number of nitrogens with one attached hydrogen (secondary N) is 1. The molecule has 2 heteroatoms. The Hall–Kier alpha value is -0.340. The fraction of sp³-hybridized carbons (Fsp3) is 0.500. The maximum Gasteiger partial charge on any atom is 0.0175 e. The van der Waals surface area contributed by atoms with Crippen LogP contribution >= 0.6 is 15.9 Å². The van der Waals surface area contributed by atoms with Crippen molar-refractivity contribution in [2.45, 2.75) is 19.8 Å².